The zero-order chi connectivity index (χ0) is 10.6. The molecule has 0 heterocycles. The SMILES string of the molecule is CCC(=O)Oc1cccc(C(C)Br)c1. The summed E-state index contributed by atoms with van der Waals surface area (Å²) < 4.78 is 5.09. The number of alkyl halides is 1. The maximum absolute atomic E-state index is 11.0. The van der Waals surface area contributed by atoms with Crippen LogP contribution in [-0.4, -0.2) is 5.97 Å². The molecule has 3 heteroatoms. The van der Waals surface area contributed by atoms with Crippen LogP contribution in [0.2, 0.25) is 0 Å². The minimum absolute atomic E-state index is 0.204. The van der Waals surface area contributed by atoms with Crippen LogP contribution in [0.4, 0.5) is 0 Å². The normalized spacial score (nSPS) is 12.2. The molecule has 0 aliphatic rings. The third kappa shape index (κ3) is 3.14. The van der Waals surface area contributed by atoms with Gasteiger partial charge in [0.25, 0.3) is 0 Å². The minimum Gasteiger partial charge on any atom is -0.427 e. The van der Waals surface area contributed by atoms with Gasteiger partial charge in [0, 0.05) is 11.2 Å². The average molecular weight is 257 g/mol. The molecule has 1 atom stereocenters. The molecule has 76 valence electrons. The Hall–Kier alpha value is -0.830. The number of carbonyl (C=O) groups is 1. The molecule has 1 aromatic carbocycles. The molecule has 2 nitrogen and oxygen atoms in total. The van der Waals surface area contributed by atoms with Crippen LogP contribution in [0.5, 0.6) is 5.75 Å². The van der Waals surface area contributed by atoms with Crippen LogP contribution in [0.25, 0.3) is 0 Å². The smallest absolute Gasteiger partial charge is 0.310 e. The van der Waals surface area contributed by atoms with Crippen molar-refractivity contribution < 1.29 is 9.53 Å². The van der Waals surface area contributed by atoms with Crippen LogP contribution in [0.3, 0.4) is 0 Å². The summed E-state index contributed by atoms with van der Waals surface area (Å²) in [5.41, 5.74) is 1.10. The first-order chi connectivity index (χ1) is 6.63. The minimum atomic E-state index is -0.204. The molecule has 1 aromatic rings. The molecule has 0 spiro atoms. The summed E-state index contributed by atoms with van der Waals surface area (Å²) in [5, 5.41) is 0. The van der Waals surface area contributed by atoms with Crippen molar-refractivity contribution >= 4 is 21.9 Å². The standard InChI is InChI=1S/C11H13BrO2/c1-3-11(13)14-10-6-4-5-9(7-10)8(2)12/h4-8H,3H2,1-2H3. The molecule has 0 N–H and O–H groups in total. The number of hydrogen-bond acceptors (Lipinski definition) is 2. The lowest BCUT2D eigenvalue weighted by molar-refractivity contribution is -0.134. The molecule has 1 rings (SSSR count). The fraction of sp³-hybridized carbons (Fsp3) is 0.364. The fourth-order valence-corrected chi connectivity index (χ4v) is 1.31. The first-order valence-corrected chi connectivity index (χ1v) is 5.49. The number of ether oxygens (including phenoxy) is 1. The highest BCUT2D eigenvalue weighted by atomic mass is 79.9. The molecule has 0 amide bonds. The van der Waals surface area contributed by atoms with E-state index in [4.69, 9.17) is 4.74 Å². The van der Waals surface area contributed by atoms with Gasteiger partial charge in [-0.25, -0.2) is 0 Å². The Balaban J connectivity index is 2.78. The van der Waals surface area contributed by atoms with Crippen molar-refractivity contribution in [1.82, 2.24) is 0 Å². The lowest BCUT2D eigenvalue weighted by Crippen LogP contribution is -2.05. The van der Waals surface area contributed by atoms with E-state index in [-0.39, 0.29) is 10.8 Å². The number of esters is 1. The summed E-state index contributed by atoms with van der Waals surface area (Å²) in [6.07, 6.45) is 0.397. The average Bonchev–Trinajstić information content (AvgIpc) is 2.18. The van der Waals surface area contributed by atoms with Crippen LogP contribution in [0.1, 0.15) is 30.7 Å². The lowest BCUT2D eigenvalue weighted by atomic mass is 10.2. The Kier molecular flexibility index (Phi) is 4.14. The first-order valence-electron chi connectivity index (χ1n) is 4.58. The summed E-state index contributed by atoms with van der Waals surface area (Å²) in [6.45, 7) is 3.81. The predicted octanol–water partition coefficient (Wildman–Crippen LogP) is 3.46. The molecule has 0 saturated heterocycles. The van der Waals surface area contributed by atoms with Gasteiger partial charge in [0.2, 0.25) is 0 Å². The van der Waals surface area contributed by atoms with Gasteiger partial charge < -0.3 is 4.74 Å². The summed E-state index contributed by atoms with van der Waals surface area (Å²) in [4.78, 5) is 11.3. The number of carbonyl (C=O) groups excluding carboxylic acids is 1. The number of benzene rings is 1. The molecule has 0 aromatic heterocycles. The van der Waals surface area contributed by atoms with E-state index in [1.54, 1.807) is 13.0 Å². The summed E-state index contributed by atoms with van der Waals surface area (Å²) in [5.74, 6) is 0.407. The fourth-order valence-electron chi connectivity index (χ4n) is 1.03. The zero-order valence-corrected chi connectivity index (χ0v) is 9.87. The van der Waals surface area contributed by atoms with Crippen molar-refractivity contribution in [3.8, 4) is 5.75 Å². The molecule has 1 unspecified atom stereocenters. The lowest BCUT2D eigenvalue weighted by Gasteiger charge is -2.06. The van der Waals surface area contributed by atoms with E-state index in [1.165, 1.54) is 0 Å². The topological polar surface area (TPSA) is 26.3 Å². The molecule has 0 saturated carbocycles. The maximum Gasteiger partial charge on any atom is 0.310 e. The van der Waals surface area contributed by atoms with Gasteiger partial charge in [0.1, 0.15) is 5.75 Å². The Morgan fingerprint density at radius 2 is 2.29 bits per heavy atom. The Labute approximate surface area is 92.4 Å². The zero-order valence-electron chi connectivity index (χ0n) is 8.29. The van der Waals surface area contributed by atoms with Crippen LogP contribution in [0.15, 0.2) is 24.3 Å². The summed E-state index contributed by atoms with van der Waals surface area (Å²) >= 11 is 3.46. The highest BCUT2D eigenvalue weighted by Gasteiger charge is 2.04. The third-order valence-electron chi connectivity index (χ3n) is 1.84. The van der Waals surface area contributed by atoms with Gasteiger partial charge in [-0.05, 0) is 24.6 Å². The second-order valence-electron chi connectivity index (χ2n) is 3.02. The molecule has 14 heavy (non-hydrogen) atoms. The van der Waals surface area contributed by atoms with Gasteiger partial charge in [0.15, 0.2) is 0 Å². The second-order valence-corrected chi connectivity index (χ2v) is 4.39. The quantitative estimate of drug-likeness (QED) is 0.471. The molecule has 0 bridgehead atoms. The monoisotopic (exact) mass is 256 g/mol. The number of rotatable bonds is 3. The summed E-state index contributed by atoms with van der Waals surface area (Å²) in [6, 6.07) is 7.52. The van der Waals surface area contributed by atoms with Gasteiger partial charge in [-0.1, -0.05) is 35.0 Å². The highest BCUT2D eigenvalue weighted by molar-refractivity contribution is 9.09. The molecule has 0 aliphatic heterocycles. The van der Waals surface area contributed by atoms with E-state index < -0.39 is 0 Å². The summed E-state index contributed by atoms with van der Waals surface area (Å²) in [7, 11) is 0. The van der Waals surface area contributed by atoms with E-state index in [0.29, 0.717) is 12.2 Å². The van der Waals surface area contributed by atoms with Crippen LogP contribution in [0, 0.1) is 0 Å². The van der Waals surface area contributed by atoms with Crippen LogP contribution in [-0.2, 0) is 4.79 Å². The molecule has 0 aliphatic carbocycles. The van der Waals surface area contributed by atoms with Crippen molar-refractivity contribution in [2.45, 2.75) is 25.1 Å². The first kappa shape index (κ1) is 11.2. The molecule has 0 radical (unpaired) electrons. The van der Waals surface area contributed by atoms with E-state index in [2.05, 4.69) is 15.9 Å². The van der Waals surface area contributed by atoms with Crippen molar-refractivity contribution in [2.75, 3.05) is 0 Å². The maximum atomic E-state index is 11.0. The molecule has 0 fully saturated rings. The van der Waals surface area contributed by atoms with Crippen molar-refractivity contribution in [3.05, 3.63) is 29.8 Å². The largest absolute Gasteiger partial charge is 0.427 e. The van der Waals surface area contributed by atoms with E-state index >= 15 is 0 Å². The Morgan fingerprint density at radius 1 is 1.57 bits per heavy atom. The number of halogens is 1. The van der Waals surface area contributed by atoms with Crippen molar-refractivity contribution in [3.63, 3.8) is 0 Å². The molecular weight excluding hydrogens is 244 g/mol. The van der Waals surface area contributed by atoms with Gasteiger partial charge in [-0.3, -0.25) is 4.79 Å². The van der Waals surface area contributed by atoms with Gasteiger partial charge in [-0.2, -0.15) is 0 Å². The Bertz CT molecular complexity index is 321. The van der Waals surface area contributed by atoms with Crippen molar-refractivity contribution in [1.29, 1.82) is 0 Å². The number of hydrogen-bond donors (Lipinski definition) is 0. The van der Waals surface area contributed by atoms with Crippen LogP contribution >= 0.6 is 15.9 Å². The Morgan fingerprint density at radius 3 is 2.86 bits per heavy atom. The van der Waals surface area contributed by atoms with Crippen LogP contribution < -0.4 is 4.74 Å². The molecular formula is C11H13BrO2. The van der Waals surface area contributed by atoms with E-state index in [0.717, 1.165) is 5.56 Å². The van der Waals surface area contributed by atoms with Gasteiger partial charge in [-0.15, -0.1) is 0 Å². The van der Waals surface area contributed by atoms with Gasteiger partial charge in [0.05, 0.1) is 0 Å². The van der Waals surface area contributed by atoms with E-state index in [1.807, 2.05) is 25.1 Å². The second kappa shape index (κ2) is 5.15. The van der Waals surface area contributed by atoms with E-state index in [9.17, 15) is 4.79 Å². The third-order valence-corrected chi connectivity index (χ3v) is 2.37. The van der Waals surface area contributed by atoms with Crippen molar-refractivity contribution in [2.24, 2.45) is 0 Å². The predicted molar refractivity (Wildman–Crippen MR) is 59.7 cm³/mol. The van der Waals surface area contributed by atoms with Gasteiger partial charge >= 0.3 is 5.97 Å². The highest BCUT2D eigenvalue weighted by Crippen LogP contribution is 2.25.